The summed E-state index contributed by atoms with van der Waals surface area (Å²) < 4.78 is 28.0. The summed E-state index contributed by atoms with van der Waals surface area (Å²) in [6.45, 7) is 7.96. The smallest absolute Gasteiger partial charge is 0.333 e. The average Bonchev–Trinajstić information content (AvgIpc) is 3.07. The average molecular weight is 707 g/mol. The molecule has 0 aliphatic heterocycles. The molecule has 0 amide bonds. The number of carbonyl (C=O) groups excluding carboxylic acids is 1. The van der Waals surface area contributed by atoms with Gasteiger partial charge < -0.3 is 9.47 Å². The molecule has 0 N–H and O–H groups in total. The standard InChI is InChI=1S/C38H55FO3S4/c1-4-5-6-9-28-12-14-29(15-13-28)30-16-17-34(35(39)22-30)33-20-31(10-7-18-43)36(32(21-33)11-8-19-44)41-23-38(25-45,26-46)24-42-37(40)27(2)3/h16-17,20-22,28-29,43-46H,2,4-15,18-19,23-26H2,1,3H3. The molecule has 3 rings (SSSR count). The van der Waals surface area contributed by atoms with Gasteiger partial charge in [-0.3, -0.25) is 0 Å². The minimum absolute atomic E-state index is 0.125. The van der Waals surface area contributed by atoms with Gasteiger partial charge in [-0.25, -0.2) is 9.18 Å². The molecule has 1 fully saturated rings. The summed E-state index contributed by atoms with van der Waals surface area (Å²) in [5.74, 6) is 3.77. The summed E-state index contributed by atoms with van der Waals surface area (Å²) in [5.41, 5.74) is 4.42. The van der Waals surface area contributed by atoms with Crippen LogP contribution in [0.15, 0.2) is 42.5 Å². The zero-order valence-electron chi connectivity index (χ0n) is 27.9. The Morgan fingerprint density at radius 2 is 1.54 bits per heavy atom. The van der Waals surface area contributed by atoms with E-state index in [-0.39, 0.29) is 19.0 Å². The van der Waals surface area contributed by atoms with Crippen LogP contribution < -0.4 is 4.74 Å². The first kappa shape index (κ1) is 39.2. The van der Waals surface area contributed by atoms with E-state index in [9.17, 15) is 4.79 Å². The molecule has 1 saturated carbocycles. The quantitative estimate of drug-likeness (QED) is 0.0479. The van der Waals surface area contributed by atoms with E-state index < -0.39 is 11.4 Å². The molecule has 8 heteroatoms. The van der Waals surface area contributed by atoms with Crippen LogP contribution in [0.4, 0.5) is 4.39 Å². The number of hydrogen-bond acceptors (Lipinski definition) is 7. The number of hydrogen-bond donors (Lipinski definition) is 4. The van der Waals surface area contributed by atoms with Crippen molar-refractivity contribution >= 4 is 56.5 Å². The maximum atomic E-state index is 15.9. The highest BCUT2D eigenvalue weighted by atomic mass is 32.1. The highest BCUT2D eigenvalue weighted by Crippen LogP contribution is 2.40. The van der Waals surface area contributed by atoms with Gasteiger partial charge in [-0.1, -0.05) is 51.3 Å². The fourth-order valence-electron chi connectivity index (χ4n) is 6.33. The van der Waals surface area contributed by atoms with E-state index in [4.69, 9.17) is 9.47 Å². The number of benzene rings is 2. The van der Waals surface area contributed by atoms with E-state index in [0.717, 1.165) is 84.0 Å². The van der Waals surface area contributed by atoms with Crippen molar-refractivity contribution < 1.29 is 18.7 Å². The first-order valence-electron chi connectivity index (χ1n) is 17.0. The number of ether oxygens (including phenoxy) is 2. The zero-order valence-corrected chi connectivity index (χ0v) is 31.4. The Balaban J connectivity index is 1.88. The third-order valence-electron chi connectivity index (χ3n) is 9.34. The lowest BCUT2D eigenvalue weighted by atomic mass is 9.77. The van der Waals surface area contributed by atoms with Crippen molar-refractivity contribution in [2.24, 2.45) is 11.3 Å². The monoisotopic (exact) mass is 706 g/mol. The van der Waals surface area contributed by atoms with Crippen LogP contribution in [0.2, 0.25) is 0 Å². The van der Waals surface area contributed by atoms with Gasteiger partial charge in [-0.2, -0.15) is 50.5 Å². The van der Waals surface area contributed by atoms with E-state index in [1.54, 1.807) is 13.0 Å². The third kappa shape index (κ3) is 11.4. The second-order valence-electron chi connectivity index (χ2n) is 13.2. The minimum atomic E-state index is -0.589. The number of thiol groups is 4. The predicted molar refractivity (Wildman–Crippen MR) is 206 cm³/mol. The largest absolute Gasteiger partial charge is 0.492 e. The molecule has 0 bridgehead atoms. The molecule has 0 aromatic heterocycles. The Kier molecular flexibility index (Phi) is 17.3. The van der Waals surface area contributed by atoms with Crippen molar-refractivity contribution in [3.63, 3.8) is 0 Å². The van der Waals surface area contributed by atoms with Crippen molar-refractivity contribution in [2.45, 2.75) is 96.8 Å². The van der Waals surface area contributed by atoms with Crippen molar-refractivity contribution in [1.82, 2.24) is 0 Å². The normalized spacial score (nSPS) is 16.8. The van der Waals surface area contributed by atoms with Crippen molar-refractivity contribution in [2.75, 3.05) is 36.2 Å². The Labute approximate surface area is 299 Å². The second-order valence-corrected chi connectivity index (χ2v) is 14.7. The summed E-state index contributed by atoms with van der Waals surface area (Å²) >= 11 is 18.1. The molecule has 2 aromatic rings. The van der Waals surface area contributed by atoms with Crippen LogP contribution in [-0.4, -0.2) is 42.2 Å². The van der Waals surface area contributed by atoms with Crippen LogP contribution in [0.1, 0.15) is 101 Å². The topological polar surface area (TPSA) is 35.5 Å². The third-order valence-corrected chi connectivity index (χ3v) is 11.3. The van der Waals surface area contributed by atoms with Crippen molar-refractivity contribution in [1.29, 1.82) is 0 Å². The number of carbonyl (C=O) groups is 1. The molecule has 0 radical (unpaired) electrons. The van der Waals surface area contributed by atoms with E-state index >= 15 is 4.39 Å². The number of rotatable bonds is 20. The van der Waals surface area contributed by atoms with Crippen LogP contribution >= 0.6 is 50.5 Å². The fraction of sp³-hybridized carbons (Fsp3) is 0.605. The van der Waals surface area contributed by atoms with Crippen LogP contribution in [-0.2, 0) is 22.4 Å². The molecular weight excluding hydrogens is 652 g/mol. The molecule has 0 saturated heterocycles. The van der Waals surface area contributed by atoms with E-state index in [2.05, 4.69) is 82.2 Å². The second kappa shape index (κ2) is 20.3. The first-order chi connectivity index (χ1) is 22.2. The summed E-state index contributed by atoms with van der Waals surface area (Å²) in [6, 6.07) is 10.1. The summed E-state index contributed by atoms with van der Waals surface area (Å²) in [6.07, 6.45) is 13.3. The molecule has 1 aliphatic rings. The van der Waals surface area contributed by atoms with E-state index in [0.29, 0.717) is 28.6 Å². The molecule has 0 heterocycles. The maximum absolute atomic E-state index is 15.9. The lowest BCUT2D eigenvalue weighted by Crippen LogP contribution is -2.38. The molecule has 1 aliphatic carbocycles. The number of unbranched alkanes of at least 4 members (excludes halogenated alkanes) is 2. The first-order valence-corrected chi connectivity index (χ1v) is 19.6. The number of aryl methyl sites for hydroxylation is 2. The van der Waals surface area contributed by atoms with Crippen LogP contribution in [0.25, 0.3) is 11.1 Å². The summed E-state index contributed by atoms with van der Waals surface area (Å²) in [7, 11) is 0. The number of halogens is 1. The van der Waals surface area contributed by atoms with Crippen molar-refractivity contribution in [3.05, 3.63) is 65.0 Å². The van der Waals surface area contributed by atoms with Gasteiger partial charge in [0.2, 0.25) is 0 Å². The van der Waals surface area contributed by atoms with Gasteiger partial charge in [0.15, 0.2) is 0 Å². The van der Waals surface area contributed by atoms with E-state index in [1.165, 1.54) is 38.5 Å². The Hall–Kier alpha value is -1.22. The number of esters is 1. The van der Waals surface area contributed by atoms with Gasteiger partial charge in [0.1, 0.15) is 18.2 Å². The van der Waals surface area contributed by atoms with Crippen LogP contribution in [0.5, 0.6) is 5.75 Å². The summed E-state index contributed by atoms with van der Waals surface area (Å²) in [5, 5.41) is 0. The minimum Gasteiger partial charge on any atom is -0.492 e. The molecule has 0 atom stereocenters. The Morgan fingerprint density at radius 3 is 2.07 bits per heavy atom. The van der Waals surface area contributed by atoms with Gasteiger partial charge in [-0.05, 0) is 122 Å². The van der Waals surface area contributed by atoms with E-state index in [1.807, 2.05) is 6.07 Å². The lowest BCUT2D eigenvalue weighted by Gasteiger charge is -2.31. The molecule has 2 aromatic carbocycles. The SMILES string of the molecule is C=C(C)C(=O)OCC(CS)(CS)COc1c(CCCS)cc(-c2ccc(C3CCC(CCCCC)CC3)cc2F)cc1CCCS. The maximum Gasteiger partial charge on any atom is 0.333 e. The highest BCUT2D eigenvalue weighted by Gasteiger charge is 2.32. The lowest BCUT2D eigenvalue weighted by molar-refractivity contribution is -0.142. The Bertz CT molecular complexity index is 1230. The molecular formula is C38H55FO3S4. The predicted octanol–water partition coefficient (Wildman–Crippen LogP) is 10.4. The van der Waals surface area contributed by atoms with Crippen molar-refractivity contribution in [3.8, 4) is 16.9 Å². The van der Waals surface area contributed by atoms with Crippen LogP contribution in [0, 0.1) is 17.2 Å². The van der Waals surface area contributed by atoms with Gasteiger partial charge in [0.25, 0.3) is 0 Å². The van der Waals surface area contributed by atoms with Gasteiger partial charge in [0.05, 0.1) is 12.0 Å². The molecule has 256 valence electrons. The molecule has 0 spiro atoms. The fourth-order valence-corrected chi connectivity index (χ4v) is 7.42. The molecule has 3 nitrogen and oxygen atoms in total. The molecule has 0 unspecified atom stereocenters. The van der Waals surface area contributed by atoms with Gasteiger partial charge in [-0.15, -0.1) is 0 Å². The Morgan fingerprint density at radius 1 is 0.913 bits per heavy atom. The molecule has 46 heavy (non-hydrogen) atoms. The zero-order chi connectivity index (χ0) is 33.5. The van der Waals surface area contributed by atoms with Gasteiger partial charge >= 0.3 is 5.97 Å². The summed E-state index contributed by atoms with van der Waals surface area (Å²) in [4.78, 5) is 12.2. The van der Waals surface area contributed by atoms with Crippen LogP contribution in [0.3, 0.4) is 0 Å². The van der Waals surface area contributed by atoms with Gasteiger partial charge in [0, 0.05) is 22.6 Å². The highest BCUT2D eigenvalue weighted by molar-refractivity contribution is 7.81.